The summed E-state index contributed by atoms with van der Waals surface area (Å²) in [7, 11) is 0. The average molecular weight is 405 g/mol. The minimum Gasteiger partial charge on any atom is -0.486 e. The summed E-state index contributed by atoms with van der Waals surface area (Å²) in [5.74, 6) is 1.06. The SMILES string of the molecule is CCCc1c(-c2ccc3c(c2)OCCO3)c(C(N)=O)c(C)n1CCc1ccccc1. The lowest BCUT2D eigenvalue weighted by atomic mass is 9.97. The predicted octanol–water partition coefficient (Wildman–Crippen LogP) is 4.53. The largest absolute Gasteiger partial charge is 0.486 e. The Hall–Kier alpha value is -3.21. The van der Waals surface area contributed by atoms with Gasteiger partial charge in [-0.1, -0.05) is 49.7 Å². The van der Waals surface area contributed by atoms with Crippen molar-refractivity contribution in [2.75, 3.05) is 13.2 Å². The van der Waals surface area contributed by atoms with Crippen molar-refractivity contribution in [2.45, 2.75) is 39.7 Å². The van der Waals surface area contributed by atoms with Crippen LogP contribution in [0.2, 0.25) is 0 Å². The molecule has 156 valence electrons. The van der Waals surface area contributed by atoms with Crippen molar-refractivity contribution in [1.82, 2.24) is 4.57 Å². The summed E-state index contributed by atoms with van der Waals surface area (Å²) < 4.78 is 13.7. The molecule has 1 aromatic heterocycles. The third-order valence-electron chi connectivity index (χ3n) is 5.66. The van der Waals surface area contributed by atoms with Crippen molar-refractivity contribution >= 4 is 5.91 Å². The predicted molar refractivity (Wildman–Crippen MR) is 118 cm³/mol. The molecule has 0 aliphatic carbocycles. The average Bonchev–Trinajstić information content (AvgIpc) is 3.04. The van der Waals surface area contributed by atoms with Crippen molar-refractivity contribution in [3.05, 3.63) is 71.0 Å². The quantitative estimate of drug-likeness (QED) is 0.629. The summed E-state index contributed by atoms with van der Waals surface area (Å²) >= 11 is 0. The highest BCUT2D eigenvalue weighted by Crippen LogP contribution is 2.39. The van der Waals surface area contributed by atoms with E-state index in [4.69, 9.17) is 15.2 Å². The Bertz CT molecular complexity index is 1050. The summed E-state index contributed by atoms with van der Waals surface area (Å²) in [6.45, 7) is 6.02. The van der Waals surface area contributed by atoms with Gasteiger partial charge in [0.1, 0.15) is 13.2 Å². The fourth-order valence-electron chi connectivity index (χ4n) is 4.29. The Kier molecular flexibility index (Phi) is 5.79. The smallest absolute Gasteiger partial charge is 0.251 e. The molecule has 1 amide bonds. The summed E-state index contributed by atoms with van der Waals surface area (Å²) in [5, 5.41) is 0. The molecule has 0 spiro atoms. The van der Waals surface area contributed by atoms with Gasteiger partial charge in [-0.3, -0.25) is 4.79 Å². The second-order valence-electron chi connectivity index (χ2n) is 7.64. The van der Waals surface area contributed by atoms with E-state index >= 15 is 0 Å². The maximum Gasteiger partial charge on any atom is 0.251 e. The highest BCUT2D eigenvalue weighted by molar-refractivity contribution is 6.02. The normalized spacial score (nSPS) is 12.7. The van der Waals surface area contributed by atoms with Gasteiger partial charge in [-0.15, -0.1) is 0 Å². The Balaban J connectivity index is 1.81. The summed E-state index contributed by atoms with van der Waals surface area (Å²) in [5.41, 5.74) is 11.7. The molecule has 0 bridgehead atoms. The zero-order chi connectivity index (χ0) is 21.1. The number of carbonyl (C=O) groups excluding carboxylic acids is 1. The molecule has 0 radical (unpaired) electrons. The van der Waals surface area contributed by atoms with Gasteiger partial charge in [0.15, 0.2) is 11.5 Å². The van der Waals surface area contributed by atoms with Crippen molar-refractivity contribution in [3.8, 4) is 22.6 Å². The van der Waals surface area contributed by atoms with Crippen LogP contribution in [0.4, 0.5) is 0 Å². The number of carbonyl (C=O) groups is 1. The molecule has 0 saturated carbocycles. The maximum absolute atomic E-state index is 12.5. The van der Waals surface area contributed by atoms with Crippen LogP contribution in [-0.2, 0) is 19.4 Å². The van der Waals surface area contributed by atoms with Gasteiger partial charge in [0, 0.05) is 23.5 Å². The Morgan fingerprint density at radius 3 is 2.47 bits per heavy atom. The van der Waals surface area contributed by atoms with E-state index in [9.17, 15) is 4.79 Å². The zero-order valence-corrected chi connectivity index (χ0v) is 17.6. The van der Waals surface area contributed by atoms with Gasteiger partial charge in [-0.25, -0.2) is 0 Å². The highest BCUT2D eigenvalue weighted by Gasteiger charge is 2.25. The van der Waals surface area contributed by atoms with Crippen LogP contribution in [0.25, 0.3) is 11.1 Å². The van der Waals surface area contributed by atoms with E-state index in [1.165, 1.54) is 5.56 Å². The van der Waals surface area contributed by atoms with E-state index in [0.717, 1.165) is 54.1 Å². The second-order valence-corrected chi connectivity index (χ2v) is 7.64. The first-order valence-corrected chi connectivity index (χ1v) is 10.6. The molecule has 0 unspecified atom stereocenters. The van der Waals surface area contributed by atoms with E-state index in [0.29, 0.717) is 24.5 Å². The molecular weight excluding hydrogens is 376 g/mol. The van der Waals surface area contributed by atoms with E-state index in [-0.39, 0.29) is 0 Å². The lowest BCUT2D eigenvalue weighted by molar-refractivity contribution is 0.1000. The first-order chi connectivity index (χ1) is 14.6. The molecule has 5 nitrogen and oxygen atoms in total. The molecule has 2 aromatic carbocycles. The number of hydrogen-bond acceptors (Lipinski definition) is 3. The molecule has 2 N–H and O–H groups in total. The van der Waals surface area contributed by atoms with Crippen LogP contribution in [0.5, 0.6) is 11.5 Å². The van der Waals surface area contributed by atoms with Gasteiger partial charge in [0.25, 0.3) is 5.91 Å². The summed E-state index contributed by atoms with van der Waals surface area (Å²) in [6, 6.07) is 16.3. The number of fused-ring (bicyclic) bond motifs is 1. The van der Waals surface area contributed by atoms with Gasteiger partial charge in [0.05, 0.1) is 5.56 Å². The minimum absolute atomic E-state index is 0.395. The number of rotatable bonds is 7. The minimum atomic E-state index is -0.395. The molecule has 0 saturated heterocycles. The number of nitrogens with zero attached hydrogens (tertiary/aromatic N) is 1. The number of ether oxygens (including phenoxy) is 2. The fourth-order valence-corrected chi connectivity index (χ4v) is 4.29. The van der Waals surface area contributed by atoms with Gasteiger partial charge >= 0.3 is 0 Å². The van der Waals surface area contributed by atoms with Crippen LogP contribution in [0.15, 0.2) is 48.5 Å². The second kappa shape index (κ2) is 8.66. The van der Waals surface area contributed by atoms with Crippen LogP contribution in [0.3, 0.4) is 0 Å². The van der Waals surface area contributed by atoms with E-state index in [1.54, 1.807) is 0 Å². The molecule has 0 fully saturated rings. The Labute approximate surface area is 177 Å². The van der Waals surface area contributed by atoms with Crippen LogP contribution in [0, 0.1) is 6.92 Å². The van der Waals surface area contributed by atoms with Crippen molar-refractivity contribution in [3.63, 3.8) is 0 Å². The lowest BCUT2D eigenvalue weighted by Gasteiger charge is -2.19. The van der Waals surface area contributed by atoms with Crippen molar-refractivity contribution in [1.29, 1.82) is 0 Å². The number of aryl methyl sites for hydroxylation is 1. The molecule has 1 aliphatic rings. The molecule has 2 heterocycles. The van der Waals surface area contributed by atoms with Crippen LogP contribution >= 0.6 is 0 Å². The van der Waals surface area contributed by atoms with Gasteiger partial charge < -0.3 is 19.8 Å². The lowest BCUT2D eigenvalue weighted by Crippen LogP contribution is -2.15. The van der Waals surface area contributed by atoms with E-state index in [1.807, 2.05) is 31.2 Å². The van der Waals surface area contributed by atoms with Crippen LogP contribution in [-0.4, -0.2) is 23.7 Å². The summed E-state index contributed by atoms with van der Waals surface area (Å²) in [4.78, 5) is 12.5. The Morgan fingerprint density at radius 2 is 1.77 bits per heavy atom. The molecule has 0 atom stereocenters. The number of nitrogens with two attached hydrogens (primary N) is 1. The number of amides is 1. The monoisotopic (exact) mass is 404 g/mol. The fraction of sp³-hybridized carbons (Fsp3) is 0.320. The number of benzene rings is 2. The highest BCUT2D eigenvalue weighted by atomic mass is 16.6. The standard InChI is InChI=1S/C25H28N2O3/c1-3-7-20-24(19-10-11-21-22(16-19)30-15-14-29-21)23(25(26)28)17(2)27(20)13-12-18-8-5-4-6-9-18/h4-6,8-11,16H,3,7,12-15H2,1-2H3,(H2,26,28). The third kappa shape index (κ3) is 3.80. The molecule has 5 heteroatoms. The maximum atomic E-state index is 12.5. The van der Waals surface area contributed by atoms with E-state index < -0.39 is 5.91 Å². The molecule has 30 heavy (non-hydrogen) atoms. The van der Waals surface area contributed by atoms with Crippen molar-refractivity contribution < 1.29 is 14.3 Å². The van der Waals surface area contributed by atoms with Crippen LogP contribution < -0.4 is 15.2 Å². The number of hydrogen-bond donors (Lipinski definition) is 1. The third-order valence-corrected chi connectivity index (χ3v) is 5.66. The van der Waals surface area contributed by atoms with Gasteiger partial charge in [0.2, 0.25) is 0 Å². The molecule has 1 aliphatic heterocycles. The molecular formula is C25H28N2O3. The molecule has 4 rings (SSSR count). The number of aromatic nitrogens is 1. The zero-order valence-electron chi connectivity index (χ0n) is 17.6. The topological polar surface area (TPSA) is 66.5 Å². The molecule has 3 aromatic rings. The van der Waals surface area contributed by atoms with Gasteiger partial charge in [-0.05, 0) is 43.0 Å². The summed E-state index contributed by atoms with van der Waals surface area (Å²) in [6.07, 6.45) is 2.74. The van der Waals surface area contributed by atoms with E-state index in [2.05, 4.69) is 35.8 Å². The van der Waals surface area contributed by atoms with Crippen LogP contribution in [0.1, 0.15) is 40.7 Å². The Morgan fingerprint density at radius 1 is 1.03 bits per heavy atom. The number of primary amides is 1. The first-order valence-electron chi connectivity index (χ1n) is 10.6. The first kappa shape index (κ1) is 20.1. The van der Waals surface area contributed by atoms with Crippen molar-refractivity contribution in [2.24, 2.45) is 5.73 Å². The van der Waals surface area contributed by atoms with Gasteiger partial charge in [-0.2, -0.15) is 0 Å².